The SMILES string of the molecule is Cc1ccc(Sc2ncccc2C(=O)NOCc2ccccc2)cc1C. The Labute approximate surface area is 157 Å². The van der Waals surface area contributed by atoms with E-state index in [1.807, 2.05) is 36.4 Å². The van der Waals surface area contributed by atoms with E-state index in [0.717, 1.165) is 10.5 Å². The van der Waals surface area contributed by atoms with Crippen LogP contribution in [-0.4, -0.2) is 10.9 Å². The van der Waals surface area contributed by atoms with Gasteiger partial charge in [0.1, 0.15) is 5.03 Å². The van der Waals surface area contributed by atoms with Crippen LogP contribution in [0.25, 0.3) is 0 Å². The van der Waals surface area contributed by atoms with Crippen LogP contribution in [0.1, 0.15) is 27.0 Å². The van der Waals surface area contributed by atoms with Crippen LogP contribution in [0.5, 0.6) is 0 Å². The first-order chi connectivity index (χ1) is 12.6. The number of benzene rings is 2. The van der Waals surface area contributed by atoms with E-state index in [1.165, 1.54) is 22.9 Å². The van der Waals surface area contributed by atoms with Crippen molar-refractivity contribution in [3.05, 3.63) is 89.1 Å². The minimum absolute atomic E-state index is 0.305. The van der Waals surface area contributed by atoms with Crippen molar-refractivity contribution in [2.75, 3.05) is 0 Å². The molecule has 5 heteroatoms. The molecular formula is C21H20N2O2S. The van der Waals surface area contributed by atoms with Gasteiger partial charge in [-0.15, -0.1) is 0 Å². The summed E-state index contributed by atoms with van der Waals surface area (Å²) in [5, 5.41) is 0.650. The lowest BCUT2D eigenvalue weighted by molar-refractivity contribution is 0.0230. The van der Waals surface area contributed by atoms with E-state index in [-0.39, 0.29) is 5.91 Å². The van der Waals surface area contributed by atoms with Gasteiger partial charge in [-0.05, 0) is 54.8 Å². The van der Waals surface area contributed by atoms with Crippen molar-refractivity contribution in [2.24, 2.45) is 0 Å². The molecule has 0 bridgehead atoms. The first-order valence-electron chi connectivity index (χ1n) is 8.29. The number of hydroxylamine groups is 1. The van der Waals surface area contributed by atoms with Gasteiger partial charge in [-0.25, -0.2) is 10.5 Å². The molecule has 1 aromatic heterocycles. The van der Waals surface area contributed by atoms with Crippen LogP contribution in [0.2, 0.25) is 0 Å². The Morgan fingerprint density at radius 1 is 1.04 bits per heavy atom. The van der Waals surface area contributed by atoms with Crippen LogP contribution in [0.4, 0.5) is 0 Å². The molecule has 2 aromatic carbocycles. The number of amides is 1. The Morgan fingerprint density at radius 2 is 1.85 bits per heavy atom. The number of carbonyl (C=O) groups is 1. The third-order valence-corrected chi connectivity index (χ3v) is 4.96. The van der Waals surface area contributed by atoms with Gasteiger partial charge in [-0.3, -0.25) is 9.63 Å². The summed E-state index contributed by atoms with van der Waals surface area (Å²) in [6, 6.07) is 19.4. The quantitative estimate of drug-likeness (QED) is 0.644. The molecule has 0 atom stereocenters. The van der Waals surface area contributed by atoms with Crippen molar-refractivity contribution < 1.29 is 9.63 Å². The van der Waals surface area contributed by atoms with Gasteiger partial charge in [-0.2, -0.15) is 0 Å². The highest BCUT2D eigenvalue weighted by atomic mass is 32.2. The second-order valence-electron chi connectivity index (χ2n) is 5.91. The molecule has 0 aliphatic rings. The van der Waals surface area contributed by atoms with Crippen molar-refractivity contribution >= 4 is 17.7 Å². The average molecular weight is 364 g/mol. The largest absolute Gasteiger partial charge is 0.277 e. The third kappa shape index (κ3) is 4.71. The molecule has 1 N–H and O–H groups in total. The highest BCUT2D eigenvalue weighted by Crippen LogP contribution is 2.29. The minimum atomic E-state index is -0.305. The van der Waals surface area contributed by atoms with Gasteiger partial charge < -0.3 is 0 Å². The number of rotatable bonds is 6. The number of aryl methyl sites for hydroxylation is 2. The molecule has 0 aliphatic heterocycles. The van der Waals surface area contributed by atoms with Crippen LogP contribution >= 0.6 is 11.8 Å². The molecule has 3 aromatic rings. The van der Waals surface area contributed by atoms with Gasteiger partial charge in [0.15, 0.2) is 0 Å². The van der Waals surface area contributed by atoms with E-state index in [1.54, 1.807) is 18.3 Å². The van der Waals surface area contributed by atoms with Gasteiger partial charge in [0.25, 0.3) is 5.91 Å². The number of nitrogens with one attached hydrogen (secondary N) is 1. The number of aromatic nitrogens is 1. The first kappa shape index (κ1) is 18.2. The van der Waals surface area contributed by atoms with Crippen LogP contribution in [0.15, 0.2) is 76.8 Å². The second-order valence-corrected chi connectivity index (χ2v) is 6.97. The lowest BCUT2D eigenvalue weighted by Crippen LogP contribution is -2.24. The van der Waals surface area contributed by atoms with Crippen molar-refractivity contribution in [1.82, 2.24) is 10.5 Å². The van der Waals surface area contributed by atoms with E-state index >= 15 is 0 Å². The molecule has 3 rings (SSSR count). The molecule has 1 amide bonds. The lowest BCUT2D eigenvalue weighted by atomic mass is 10.1. The molecule has 0 fully saturated rings. The van der Waals surface area contributed by atoms with E-state index in [9.17, 15) is 4.79 Å². The van der Waals surface area contributed by atoms with Crippen molar-refractivity contribution in [1.29, 1.82) is 0 Å². The fraction of sp³-hybridized carbons (Fsp3) is 0.143. The van der Waals surface area contributed by atoms with Gasteiger partial charge in [0.2, 0.25) is 0 Å². The Hall–Kier alpha value is -2.63. The highest BCUT2D eigenvalue weighted by Gasteiger charge is 2.14. The summed E-state index contributed by atoms with van der Waals surface area (Å²) in [6.45, 7) is 4.46. The Morgan fingerprint density at radius 3 is 2.62 bits per heavy atom. The molecule has 26 heavy (non-hydrogen) atoms. The molecule has 0 spiro atoms. The maximum Gasteiger partial charge on any atom is 0.277 e. The molecule has 0 aliphatic carbocycles. The van der Waals surface area contributed by atoms with Gasteiger partial charge in [-0.1, -0.05) is 48.2 Å². The van der Waals surface area contributed by atoms with Gasteiger partial charge in [0.05, 0.1) is 12.2 Å². The minimum Gasteiger partial charge on any atom is -0.269 e. The zero-order chi connectivity index (χ0) is 18.4. The standard InChI is InChI=1S/C21H20N2O2S/c1-15-10-11-18(13-16(15)2)26-21-19(9-6-12-22-21)20(24)23-25-14-17-7-4-3-5-8-17/h3-13H,14H2,1-2H3,(H,23,24). The highest BCUT2D eigenvalue weighted by molar-refractivity contribution is 7.99. The van der Waals surface area contributed by atoms with E-state index < -0.39 is 0 Å². The van der Waals surface area contributed by atoms with Gasteiger partial charge in [0, 0.05) is 11.1 Å². The van der Waals surface area contributed by atoms with E-state index in [0.29, 0.717) is 17.2 Å². The maximum atomic E-state index is 12.5. The summed E-state index contributed by atoms with van der Waals surface area (Å²) in [7, 11) is 0. The Kier molecular flexibility index (Phi) is 6.04. The Bertz CT molecular complexity index is 898. The molecule has 4 nitrogen and oxygen atoms in total. The zero-order valence-electron chi connectivity index (χ0n) is 14.7. The fourth-order valence-electron chi connectivity index (χ4n) is 2.35. The summed E-state index contributed by atoms with van der Waals surface area (Å²) in [5.41, 5.74) is 6.43. The molecular weight excluding hydrogens is 344 g/mol. The van der Waals surface area contributed by atoms with Crippen LogP contribution in [0.3, 0.4) is 0 Å². The molecule has 1 heterocycles. The number of hydrogen-bond donors (Lipinski definition) is 1. The smallest absolute Gasteiger partial charge is 0.269 e. The van der Waals surface area contributed by atoms with Crippen molar-refractivity contribution in [3.8, 4) is 0 Å². The summed E-state index contributed by atoms with van der Waals surface area (Å²) in [6.07, 6.45) is 1.69. The van der Waals surface area contributed by atoms with E-state index in [4.69, 9.17) is 4.84 Å². The van der Waals surface area contributed by atoms with E-state index in [2.05, 4.69) is 36.4 Å². The number of hydrogen-bond acceptors (Lipinski definition) is 4. The Balaban J connectivity index is 1.67. The molecule has 0 saturated carbocycles. The lowest BCUT2D eigenvalue weighted by Gasteiger charge is -2.10. The number of pyridine rings is 1. The second kappa shape index (κ2) is 8.65. The van der Waals surface area contributed by atoms with Crippen LogP contribution in [0, 0.1) is 13.8 Å². The molecule has 132 valence electrons. The van der Waals surface area contributed by atoms with Crippen molar-refractivity contribution in [3.63, 3.8) is 0 Å². The molecule has 0 unspecified atom stereocenters. The topological polar surface area (TPSA) is 51.2 Å². The fourth-order valence-corrected chi connectivity index (χ4v) is 3.33. The predicted molar refractivity (Wildman–Crippen MR) is 103 cm³/mol. The first-order valence-corrected chi connectivity index (χ1v) is 9.11. The van der Waals surface area contributed by atoms with Crippen LogP contribution in [-0.2, 0) is 11.4 Å². The summed E-state index contributed by atoms with van der Waals surface area (Å²) >= 11 is 1.47. The molecule has 0 saturated heterocycles. The predicted octanol–water partition coefficient (Wildman–Crippen LogP) is 4.71. The monoisotopic (exact) mass is 364 g/mol. The van der Waals surface area contributed by atoms with Crippen LogP contribution < -0.4 is 5.48 Å². The summed E-state index contributed by atoms with van der Waals surface area (Å²) in [4.78, 5) is 23.2. The average Bonchev–Trinajstić information content (AvgIpc) is 2.66. The third-order valence-electron chi connectivity index (χ3n) is 3.96. The summed E-state index contributed by atoms with van der Waals surface area (Å²) < 4.78 is 0. The maximum absolute atomic E-state index is 12.5. The number of nitrogens with zero attached hydrogens (tertiary/aromatic N) is 1. The summed E-state index contributed by atoms with van der Waals surface area (Å²) in [5.74, 6) is -0.305. The van der Waals surface area contributed by atoms with Crippen molar-refractivity contribution in [2.45, 2.75) is 30.4 Å². The molecule has 0 radical (unpaired) electrons. The zero-order valence-corrected chi connectivity index (χ0v) is 15.5. The number of carbonyl (C=O) groups excluding carboxylic acids is 1. The van der Waals surface area contributed by atoms with Gasteiger partial charge >= 0.3 is 0 Å². The normalized spacial score (nSPS) is 10.5.